The van der Waals surface area contributed by atoms with Crippen molar-refractivity contribution in [1.82, 2.24) is 0 Å². The Kier molecular flexibility index (Phi) is 17.3. The molecule has 0 aromatic rings. The SMILES string of the molecule is C=CC(OP(=O)(O)O[C@@H]1C[C@H](C)O[C@@H]1COP(=O)(O)O[C@@H]1C[C@H](C)O[C@@H]1COP(=O)(O)OC(C)(C)C)[C@H]1O[C@@H](C)C[C@H]1OP(=O)(O)OC[C@H]1O[C@@H](C)C[C@H]1C(C)(C)C. The topological polar surface area (TPSA) is 260 Å². The third kappa shape index (κ3) is 15.7. The van der Waals surface area contributed by atoms with Gasteiger partial charge < -0.3 is 38.5 Å². The maximum absolute atomic E-state index is 13.4. The Morgan fingerprint density at radius 3 is 1.48 bits per heavy atom. The second-order valence-electron chi connectivity index (χ2n) is 17.5. The first-order chi connectivity index (χ1) is 26.5. The van der Waals surface area contributed by atoms with Crippen molar-refractivity contribution in [1.29, 1.82) is 0 Å². The van der Waals surface area contributed by atoms with Gasteiger partial charge in [0.2, 0.25) is 0 Å². The van der Waals surface area contributed by atoms with E-state index in [0.717, 1.165) is 6.42 Å². The molecule has 4 aliphatic rings. The normalized spacial score (nSPS) is 38.2. The van der Waals surface area contributed by atoms with Crippen molar-refractivity contribution in [2.75, 3.05) is 19.8 Å². The molecule has 0 radical (unpaired) electrons. The van der Waals surface area contributed by atoms with E-state index in [-0.39, 0.29) is 43.3 Å². The number of phosphoric ester groups is 4. The zero-order valence-electron chi connectivity index (χ0n) is 34.8. The average Bonchev–Trinajstić information content (AvgIpc) is 3.80. The van der Waals surface area contributed by atoms with Gasteiger partial charge in [-0.1, -0.05) is 26.8 Å². The first-order valence-corrected chi connectivity index (χ1v) is 25.4. The fourth-order valence-corrected chi connectivity index (χ4v) is 11.6. The molecule has 0 saturated carbocycles. The van der Waals surface area contributed by atoms with E-state index < -0.39 is 117 Å². The molecule has 0 amide bonds. The highest BCUT2D eigenvalue weighted by atomic mass is 31.2. The van der Waals surface area contributed by atoms with Crippen molar-refractivity contribution in [2.24, 2.45) is 11.3 Å². The summed E-state index contributed by atoms with van der Waals surface area (Å²) < 4.78 is 118. The molecule has 4 saturated heterocycles. The summed E-state index contributed by atoms with van der Waals surface area (Å²) in [7, 11) is -19.0. The molecule has 4 fully saturated rings. The monoisotopic (exact) mass is 916 g/mol. The molecule has 58 heavy (non-hydrogen) atoms. The minimum absolute atomic E-state index is 0.0484. The molecule has 0 aromatic heterocycles. The highest BCUT2D eigenvalue weighted by Gasteiger charge is 2.49. The first-order valence-electron chi connectivity index (χ1n) is 19.4. The van der Waals surface area contributed by atoms with Crippen LogP contribution in [0.2, 0.25) is 0 Å². The molecule has 0 aliphatic carbocycles. The van der Waals surface area contributed by atoms with Gasteiger partial charge >= 0.3 is 31.3 Å². The van der Waals surface area contributed by atoms with Gasteiger partial charge in [-0.15, -0.1) is 6.58 Å². The molecule has 20 nitrogen and oxygen atoms in total. The Balaban J connectivity index is 1.32. The predicted molar refractivity (Wildman–Crippen MR) is 206 cm³/mol. The molecule has 0 spiro atoms. The lowest BCUT2D eigenvalue weighted by Crippen LogP contribution is -2.37. The van der Waals surface area contributed by atoms with Gasteiger partial charge in [0.05, 0.1) is 55.9 Å². The Morgan fingerprint density at radius 1 is 0.603 bits per heavy atom. The van der Waals surface area contributed by atoms with Crippen LogP contribution in [0.3, 0.4) is 0 Å². The Labute approximate surface area is 341 Å². The van der Waals surface area contributed by atoms with Crippen molar-refractivity contribution in [2.45, 2.75) is 174 Å². The summed E-state index contributed by atoms with van der Waals surface area (Å²) in [4.78, 5) is 42.3. The van der Waals surface area contributed by atoms with Gasteiger partial charge in [-0.05, 0) is 66.2 Å². The lowest BCUT2D eigenvalue weighted by atomic mass is 9.76. The highest BCUT2D eigenvalue weighted by molar-refractivity contribution is 7.48. The number of hydrogen-bond acceptors (Lipinski definition) is 16. The lowest BCUT2D eigenvalue weighted by Gasteiger charge is -2.31. The van der Waals surface area contributed by atoms with Crippen molar-refractivity contribution in [3.63, 3.8) is 0 Å². The van der Waals surface area contributed by atoms with Gasteiger partial charge in [0.15, 0.2) is 0 Å². The first kappa shape index (κ1) is 50.7. The van der Waals surface area contributed by atoms with Gasteiger partial charge in [-0.25, -0.2) is 18.3 Å². The smallest absolute Gasteiger partial charge is 0.373 e. The summed E-state index contributed by atoms with van der Waals surface area (Å²) in [5.41, 5.74) is -1.13. The standard InChI is InChI=1S/C34H64O20P4/c1-12-25(32-28(16-23(5)49-32)53-56(37,38)43-17-29-24(33(6,7)8)13-20(2)46-29)50-58(41,42)52-27-15-22(4)47-30(27)18-44-55(35,36)51-26-14-21(3)48-31(26)19-45-57(39,40)54-34(9,10)11/h12,20-32H,1,13-19H2,2-11H3,(H,35,36)(H,37,38)(H,39,40)(H,41,42)/t20-,21-,22-,23-,24+,25?,26+,27+,28+,29+,30+,31+,32+/m0/s1. The quantitative estimate of drug-likeness (QED) is 0.0766. The Bertz CT molecular complexity index is 1570. The van der Waals surface area contributed by atoms with Crippen molar-refractivity contribution < 1.29 is 93.0 Å². The zero-order chi connectivity index (χ0) is 43.6. The van der Waals surface area contributed by atoms with Gasteiger partial charge in [-0.3, -0.25) is 36.2 Å². The van der Waals surface area contributed by atoms with E-state index in [1.807, 2.05) is 6.92 Å². The summed E-state index contributed by atoms with van der Waals surface area (Å²) in [5.74, 6) is 0.0731. The third-order valence-electron chi connectivity index (χ3n) is 9.86. The molecule has 4 aliphatic heterocycles. The van der Waals surface area contributed by atoms with Crippen LogP contribution in [0.15, 0.2) is 12.7 Å². The van der Waals surface area contributed by atoms with Crippen LogP contribution in [-0.4, -0.2) is 118 Å². The number of phosphoric acid groups is 4. The summed E-state index contributed by atoms with van der Waals surface area (Å²) in [6.07, 6.45) is -7.81. The van der Waals surface area contributed by atoms with Gasteiger partial charge in [0.1, 0.15) is 42.7 Å². The van der Waals surface area contributed by atoms with Crippen LogP contribution in [0.25, 0.3) is 0 Å². The highest BCUT2D eigenvalue weighted by Crippen LogP contribution is 2.54. The summed E-state index contributed by atoms with van der Waals surface area (Å²) in [6, 6.07) is 0. The van der Waals surface area contributed by atoms with E-state index in [1.54, 1.807) is 41.5 Å². The number of hydrogen-bond donors (Lipinski definition) is 4. The van der Waals surface area contributed by atoms with Crippen molar-refractivity contribution >= 4 is 31.3 Å². The van der Waals surface area contributed by atoms with E-state index in [4.69, 9.17) is 55.1 Å². The molecule has 0 aromatic carbocycles. The van der Waals surface area contributed by atoms with Crippen LogP contribution in [0.1, 0.15) is 94.9 Å². The summed E-state index contributed by atoms with van der Waals surface area (Å²) >= 11 is 0. The Morgan fingerprint density at radius 2 is 1.00 bits per heavy atom. The van der Waals surface area contributed by atoms with E-state index in [1.165, 1.54) is 6.08 Å². The molecular weight excluding hydrogens is 852 g/mol. The lowest BCUT2D eigenvalue weighted by molar-refractivity contribution is -0.0580. The molecule has 5 unspecified atom stereocenters. The van der Waals surface area contributed by atoms with Crippen LogP contribution in [0.5, 0.6) is 0 Å². The maximum atomic E-state index is 13.4. The van der Waals surface area contributed by atoms with Gasteiger partial charge in [0.25, 0.3) is 0 Å². The average molecular weight is 917 g/mol. The second-order valence-corrected chi connectivity index (χ2v) is 23.0. The largest absolute Gasteiger partial charge is 0.473 e. The molecule has 17 atom stereocenters. The third-order valence-corrected chi connectivity index (χ3v) is 14.2. The summed E-state index contributed by atoms with van der Waals surface area (Å²) in [6.45, 7) is 20.2. The molecular formula is C34H64O20P4. The fraction of sp³-hybridized carbons (Fsp3) is 0.941. The zero-order valence-corrected chi connectivity index (χ0v) is 38.4. The van der Waals surface area contributed by atoms with Crippen molar-refractivity contribution in [3.05, 3.63) is 12.7 Å². The number of rotatable bonds is 20. The maximum Gasteiger partial charge on any atom is 0.473 e. The minimum atomic E-state index is -4.99. The van der Waals surface area contributed by atoms with E-state index in [2.05, 4.69) is 27.4 Å². The van der Waals surface area contributed by atoms with E-state index >= 15 is 0 Å². The molecule has 24 heteroatoms. The van der Waals surface area contributed by atoms with Gasteiger partial charge in [0, 0.05) is 19.3 Å². The molecule has 340 valence electrons. The molecule has 4 N–H and O–H groups in total. The fourth-order valence-electron chi connectivity index (χ4n) is 7.51. The van der Waals surface area contributed by atoms with E-state index in [9.17, 15) is 37.8 Å². The van der Waals surface area contributed by atoms with Crippen LogP contribution >= 0.6 is 31.3 Å². The minimum Gasteiger partial charge on any atom is -0.373 e. The van der Waals surface area contributed by atoms with Crippen LogP contribution in [0.4, 0.5) is 0 Å². The molecule has 4 rings (SSSR count). The van der Waals surface area contributed by atoms with Crippen LogP contribution in [-0.2, 0) is 73.4 Å². The Hall–Kier alpha value is 0.0200. The van der Waals surface area contributed by atoms with Gasteiger partial charge in [-0.2, -0.15) is 0 Å². The van der Waals surface area contributed by atoms with E-state index in [0.29, 0.717) is 0 Å². The second kappa shape index (κ2) is 19.8. The predicted octanol–water partition coefficient (Wildman–Crippen LogP) is 6.35. The van der Waals surface area contributed by atoms with Crippen LogP contribution < -0.4 is 0 Å². The van der Waals surface area contributed by atoms with Crippen molar-refractivity contribution in [3.8, 4) is 0 Å². The summed E-state index contributed by atoms with van der Waals surface area (Å²) in [5, 5.41) is 0. The number of ether oxygens (including phenoxy) is 4. The molecule has 4 heterocycles. The van der Waals surface area contributed by atoms with Crippen LogP contribution in [0, 0.1) is 11.3 Å². The molecule has 0 bridgehead atoms.